The normalized spacial score (nSPS) is 10.7. The van der Waals surface area contributed by atoms with E-state index in [9.17, 15) is 9.59 Å². The van der Waals surface area contributed by atoms with E-state index in [1.165, 1.54) is 21.7 Å². The van der Waals surface area contributed by atoms with Gasteiger partial charge in [0.1, 0.15) is 5.02 Å². The summed E-state index contributed by atoms with van der Waals surface area (Å²) < 4.78 is 1.38. The van der Waals surface area contributed by atoms with Gasteiger partial charge >= 0.3 is 0 Å². The molecule has 0 fully saturated rings. The van der Waals surface area contributed by atoms with Crippen LogP contribution in [0.15, 0.2) is 65.6 Å². The van der Waals surface area contributed by atoms with E-state index < -0.39 is 0 Å². The van der Waals surface area contributed by atoms with Crippen LogP contribution in [-0.4, -0.2) is 17.5 Å². The smallest absolute Gasteiger partial charge is 0.269 e. The summed E-state index contributed by atoms with van der Waals surface area (Å²) in [6, 6.07) is 15.7. The third-order valence-electron chi connectivity index (χ3n) is 4.07. The average Bonchev–Trinajstić information content (AvgIpc) is 2.67. The molecule has 7 heteroatoms. The molecule has 0 saturated carbocycles. The molecule has 0 aliphatic rings. The summed E-state index contributed by atoms with van der Waals surface area (Å²) in [4.78, 5) is 26.7. The molecule has 0 aliphatic heterocycles. The maximum Gasteiger partial charge on any atom is 0.269 e. The second kappa shape index (κ2) is 8.17. The van der Waals surface area contributed by atoms with E-state index in [0.29, 0.717) is 15.6 Å². The van der Waals surface area contributed by atoms with Crippen molar-refractivity contribution in [2.24, 2.45) is 0 Å². The second-order valence-corrected chi connectivity index (χ2v) is 7.18. The van der Waals surface area contributed by atoms with Crippen LogP contribution < -0.4 is 10.5 Å². The Labute approximate surface area is 171 Å². The molecule has 1 heterocycles. The highest BCUT2D eigenvalue weighted by Crippen LogP contribution is 2.23. The summed E-state index contributed by atoms with van der Waals surface area (Å²) in [5.41, 5.74) is 1.43. The predicted octanol–water partition coefficient (Wildman–Crippen LogP) is 5.13. The van der Waals surface area contributed by atoms with Crippen LogP contribution in [-0.2, 0) is 6.54 Å². The van der Waals surface area contributed by atoms with Gasteiger partial charge in [-0.3, -0.25) is 9.59 Å². The van der Waals surface area contributed by atoms with Crippen LogP contribution in [0.2, 0.25) is 15.1 Å². The molecule has 27 heavy (non-hydrogen) atoms. The van der Waals surface area contributed by atoms with Crippen LogP contribution in [0.4, 0.5) is 5.69 Å². The largest absolute Gasteiger partial charge is 0.311 e. The lowest BCUT2D eigenvalue weighted by Gasteiger charge is -2.18. The summed E-state index contributed by atoms with van der Waals surface area (Å²) in [5.74, 6) is -0.272. The SMILES string of the molecule is CN(C(=O)c1cc(Cl)c(=O)n(Cc2ccc(Cl)c(Cl)c2)c1)c1ccccc1. The van der Waals surface area contributed by atoms with Gasteiger partial charge in [-0.15, -0.1) is 0 Å². The zero-order valence-corrected chi connectivity index (χ0v) is 16.6. The van der Waals surface area contributed by atoms with Crippen molar-refractivity contribution in [1.82, 2.24) is 4.57 Å². The van der Waals surface area contributed by atoms with Crippen molar-refractivity contribution < 1.29 is 4.79 Å². The molecule has 3 rings (SSSR count). The Hall–Kier alpha value is -2.27. The molecule has 0 unspecified atom stereocenters. The van der Waals surface area contributed by atoms with Crippen molar-refractivity contribution in [3.05, 3.63) is 97.3 Å². The average molecular weight is 422 g/mol. The number of hydrogen-bond acceptors (Lipinski definition) is 2. The van der Waals surface area contributed by atoms with Gasteiger partial charge in [0.25, 0.3) is 11.5 Å². The highest BCUT2D eigenvalue weighted by Gasteiger charge is 2.17. The Balaban J connectivity index is 1.95. The third kappa shape index (κ3) is 4.35. The maximum atomic E-state index is 12.8. The summed E-state index contributed by atoms with van der Waals surface area (Å²) >= 11 is 18.0. The number of carbonyl (C=O) groups excluding carboxylic acids is 1. The third-order valence-corrected chi connectivity index (χ3v) is 5.08. The number of halogens is 3. The summed E-state index contributed by atoms with van der Waals surface area (Å²) in [5, 5.41) is 0.797. The van der Waals surface area contributed by atoms with E-state index in [-0.39, 0.29) is 23.0 Å². The molecule has 4 nitrogen and oxygen atoms in total. The molecule has 0 atom stereocenters. The van der Waals surface area contributed by atoms with E-state index in [4.69, 9.17) is 34.8 Å². The highest BCUT2D eigenvalue weighted by atomic mass is 35.5. The Morgan fingerprint density at radius 2 is 1.67 bits per heavy atom. The number of benzene rings is 2. The number of rotatable bonds is 4. The van der Waals surface area contributed by atoms with Crippen molar-refractivity contribution in [3.63, 3.8) is 0 Å². The number of para-hydroxylation sites is 1. The number of nitrogens with zero attached hydrogens (tertiary/aromatic N) is 2. The molecule has 0 saturated heterocycles. The minimum atomic E-state index is -0.387. The first kappa shape index (κ1) is 19.5. The fraction of sp³-hybridized carbons (Fsp3) is 0.100. The van der Waals surface area contributed by atoms with Gasteiger partial charge in [0.15, 0.2) is 0 Å². The minimum Gasteiger partial charge on any atom is -0.311 e. The molecule has 1 amide bonds. The number of pyridine rings is 1. The molecular formula is C20H15Cl3N2O2. The molecule has 138 valence electrons. The van der Waals surface area contributed by atoms with Gasteiger partial charge in [-0.2, -0.15) is 0 Å². The monoisotopic (exact) mass is 420 g/mol. The van der Waals surface area contributed by atoms with Crippen LogP contribution in [0.25, 0.3) is 0 Å². The van der Waals surface area contributed by atoms with Crippen LogP contribution in [0.3, 0.4) is 0 Å². The van der Waals surface area contributed by atoms with Crippen molar-refractivity contribution in [2.75, 3.05) is 11.9 Å². The van der Waals surface area contributed by atoms with Gasteiger partial charge in [0.05, 0.1) is 22.2 Å². The van der Waals surface area contributed by atoms with Crippen molar-refractivity contribution >= 4 is 46.4 Å². The number of amides is 1. The first-order valence-electron chi connectivity index (χ1n) is 8.04. The highest BCUT2D eigenvalue weighted by molar-refractivity contribution is 6.42. The number of carbonyl (C=O) groups is 1. The summed E-state index contributed by atoms with van der Waals surface area (Å²) in [6.07, 6.45) is 1.50. The molecule has 0 spiro atoms. The zero-order valence-electron chi connectivity index (χ0n) is 14.3. The van der Waals surface area contributed by atoms with Gasteiger partial charge in [0, 0.05) is 18.9 Å². The van der Waals surface area contributed by atoms with E-state index >= 15 is 0 Å². The first-order valence-corrected chi connectivity index (χ1v) is 9.17. The first-order chi connectivity index (χ1) is 12.9. The molecule has 2 aromatic carbocycles. The van der Waals surface area contributed by atoms with Crippen LogP contribution in [0, 0.1) is 0 Å². The molecule has 0 aliphatic carbocycles. The van der Waals surface area contributed by atoms with Crippen molar-refractivity contribution in [1.29, 1.82) is 0 Å². The molecular weight excluding hydrogens is 407 g/mol. The topological polar surface area (TPSA) is 42.3 Å². The lowest BCUT2D eigenvalue weighted by Crippen LogP contribution is -2.29. The quantitative estimate of drug-likeness (QED) is 0.586. The van der Waals surface area contributed by atoms with E-state index in [2.05, 4.69) is 0 Å². The Morgan fingerprint density at radius 3 is 2.33 bits per heavy atom. The molecule has 1 aromatic heterocycles. The van der Waals surface area contributed by atoms with Crippen LogP contribution in [0.1, 0.15) is 15.9 Å². The fourth-order valence-electron chi connectivity index (χ4n) is 2.63. The Morgan fingerprint density at radius 1 is 0.963 bits per heavy atom. The molecule has 0 bridgehead atoms. The lowest BCUT2D eigenvalue weighted by molar-refractivity contribution is 0.0992. The predicted molar refractivity (Wildman–Crippen MR) is 110 cm³/mol. The summed E-state index contributed by atoms with van der Waals surface area (Å²) in [7, 11) is 1.67. The zero-order chi connectivity index (χ0) is 19.6. The molecule has 0 radical (unpaired) electrons. The van der Waals surface area contributed by atoms with E-state index in [1.54, 1.807) is 25.2 Å². The number of hydrogen-bond donors (Lipinski definition) is 0. The summed E-state index contributed by atoms with van der Waals surface area (Å²) in [6.45, 7) is 0.214. The Bertz CT molecular complexity index is 1050. The second-order valence-electron chi connectivity index (χ2n) is 5.96. The Kier molecular flexibility index (Phi) is 5.90. The standard InChI is InChI=1S/C20H15Cl3N2O2/c1-24(15-5-3-2-4-6-15)19(26)14-10-18(23)20(27)25(12-14)11-13-7-8-16(21)17(22)9-13/h2-10,12H,11H2,1H3. The van der Waals surface area contributed by atoms with Crippen molar-refractivity contribution in [2.45, 2.75) is 6.54 Å². The van der Waals surface area contributed by atoms with Gasteiger partial charge < -0.3 is 9.47 Å². The molecule has 0 N–H and O–H groups in total. The van der Waals surface area contributed by atoms with Crippen LogP contribution >= 0.6 is 34.8 Å². The van der Waals surface area contributed by atoms with Gasteiger partial charge in [-0.25, -0.2) is 0 Å². The van der Waals surface area contributed by atoms with Crippen LogP contribution in [0.5, 0.6) is 0 Å². The van der Waals surface area contributed by atoms with Gasteiger partial charge in [0.2, 0.25) is 0 Å². The lowest BCUT2D eigenvalue weighted by atomic mass is 10.2. The van der Waals surface area contributed by atoms with E-state index in [1.807, 2.05) is 30.3 Å². The van der Waals surface area contributed by atoms with Crippen molar-refractivity contribution in [3.8, 4) is 0 Å². The maximum absolute atomic E-state index is 12.8. The number of anilines is 1. The van der Waals surface area contributed by atoms with E-state index in [0.717, 1.165) is 11.3 Å². The fourth-order valence-corrected chi connectivity index (χ4v) is 3.18. The molecule has 3 aromatic rings. The minimum absolute atomic E-state index is 0.0256. The van der Waals surface area contributed by atoms with Gasteiger partial charge in [-0.1, -0.05) is 59.1 Å². The van der Waals surface area contributed by atoms with Gasteiger partial charge in [-0.05, 0) is 35.9 Å². The number of aromatic nitrogens is 1.